The van der Waals surface area contributed by atoms with Crippen LogP contribution in [0.1, 0.15) is 53.5 Å². The lowest BCUT2D eigenvalue weighted by Gasteiger charge is -2.31. The first kappa shape index (κ1) is 19.5. The Balaban J connectivity index is 1.47. The number of carbonyl (C=O) groups excluding carboxylic acids is 1. The van der Waals surface area contributed by atoms with Gasteiger partial charge in [0, 0.05) is 37.0 Å². The molecular weight excluding hydrogens is 392 g/mol. The third-order valence-corrected chi connectivity index (χ3v) is 5.95. The summed E-state index contributed by atoms with van der Waals surface area (Å²) in [7, 11) is 0. The Morgan fingerprint density at radius 2 is 2.13 bits per heavy atom. The number of hydrogen-bond acceptors (Lipinski definition) is 6. The number of fused-ring (bicyclic) bond motifs is 1. The van der Waals surface area contributed by atoms with Crippen LogP contribution in [0, 0.1) is 18.3 Å². The normalized spacial score (nSPS) is 18.5. The summed E-state index contributed by atoms with van der Waals surface area (Å²) in [6, 6.07) is 9.58. The van der Waals surface area contributed by atoms with E-state index in [1.807, 2.05) is 29.0 Å². The highest BCUT2D eigenvalue weighted by Gasteiger charge is 2.26. The summed E-state index contributed by atoms with van der Waals surface area (Å²) in [5, 5.41) is 17.9. The number of carbonyl (C=O) groups is 1. The zero-order chi connectivity index (χ0) is 21.4. The fourth-order valence-corrected chi connectivity index (χ4v) is 4.16. The monoisotopic (exact) mass is 416 g/mol. The van der Waals surface area contributed by atoms with E-state index in [0.29, 0.717) is 22.5 Å². The summed E-state index contributed by atoms with van der Waals surface area (Å²) < 4.78 is 7.98. The van der Waals surface area contributed by atoms with Crippen LogP contribution in [0.5, 0.6) is 0 Å². The highest BCUT2D eigenvalue weighted by Crippen LogP contribution is 2.35. The SMILES string of the molecule is Cc1cc(C#N)cnc1C(=O)Nc1ccc2c(c1)c(N1CCC1)nn2C1CCCCO1. The maximum absolute atomic E-state index is 12.8. The number of amides is 1. The van der Waals surface area contributed by atoms with Gasteiger partial charge in [-0.3, -0.25) is 4.79 Å². The third-order valence-electron chi connectivity index (χ3n) is 5.95. The van der Waals surface area contributed by atoms with Crippen LogP contribution < -0.4 is 10.2 Å². The van der Waals surface area contributed by atoms with Crippen molar-refractivity contribution in [2.75, 3.05) is 29.9 Å². The minimum absolute atomic E-state index is 0.0442. The fourth-order valence-electron chi connectivity index (χ4n) is 4.16. The summed E-state index contributed by atoms with van der Waals surface area (Å²) in [5.41, 5.74) is 3.12. The van der Waals surface area contributed by atoms with Crippen LogP contribution >= 0.6 is 0 Å². The Labute approximate surface area is 180 Å². The molecule has 2 fully saturated rings. The van der Waals surface area contributed by atoms with Crippen LogP contribution in [-0.4, -0.2) is 40.4 Å². The molecule has 4 heterocycles. The minimum Gasteiger partial charge on any atom is -0.356 e. The predicted octanol–water partition coefficient (Wildman–Crippen LogP) is 3.77. The second-order valence-electron chi connectivity index (χ2n) is 8.12. The van der Waals surface area contributed by atoms with E-state index in [0.717, 1.165) is 62.1 Å². The summed E-state index contributed by atoms with van der Waals surface area (Å²) >= 11 is 0. The largest absolute Gasteiger partial charge is 0.356 e. The topological polar surface area (TPSA) is 96.1 Å². The molecule has 1 N–H and O–H groups in total. The van der Waals surface area contributed by atoms with E-state index >= 15 is 0 Å². The molecule has 2 aromatic heterocycles. The van der Waals surface area contributed by atoms with E-state index in [2.05, 4.69) is 15.2 Å². The molecule has 0 bridgehead atoms. The van der Waals surface area contributed by atoms with Gasteiger partial charge in [-0.05, 0) is 62.4 Å². The lowest BCUT2D eigenvalue weighted by molar-refractivity contribution is -0.0365. The van der Waals surface area contributed by atoms with Crippen molar-refractivity contribution in [1.82, 2.24) is 14.8 Å². The highest BCUT2D eigenvalue weighted by molar-refractivity contribution is 6.05. The number of aromatic nitrogens is 3. The number of anilines is 2. The Kier molecular flexibility index (Phi) is 5.04. The molecule has 8 nitrogen and oxygen atoms in total. The molecule has 2 aliphatic heterocycles. The van der Waals surface area contributed by atoms with Crippen LogP contribution in [0.2, 0.25) is 0 Å². The number of ether oxygens (including phenoxy) is 1. The van der Waals surface area contributed by atoms with Crippen LogP contribution in [0.15, 0.2) is 30.5 Å². The van der Waals surface area contributed by atoms with Crippen molar-refractivity contribution in [2.45, 2.75) is 38.8 Å². The molecular formula is C23H24N6O2. The molecule has 0 saturated carbocycles. The molecule has 1 amide bonds. The smallest absolute Gasteiger partial charge is 0.274 e. The van der Waals surface area contributed by atoms with E-state index in [9.17, 15) is 4.79 Å². The molecule has 3 aromatic rings. The van der Waals surface area contributed by atoms with Crippen LogP contribution in [0.3, 0.4) is 0 Å². The summed E-state index contributed by atoms with van der Waals surface area (Å²) in [6.07, 6.45) is 5.72. The Hall–Kier alpha value is -3.44. The number of aryl methyl sites for hydroxylation is 1. The minimum atomic E-state index is -0.296. The average molecular weight is 416 g/mol. The second kappa shape index (κ2) is 8.00. The summed E-state index contributed by atoms with van der Waals surface area (Å²) in [5.74, 6) is 0.647. The summed E-state index contributed by atoms with van der Waals surface area (Å²) in [6.45, 7) is 4.52. The van der Waals surface area contributed by atoms with Crippen molar-refractivity contribution < 1.29 is 9.53 Å². The van der Waals surface area contributed by atoms with Gasteiger partial charge in [-0.1, -0.05) is 0 Å². The molecule has 2 aliphatic rings. The van der Waals surface area contributed by atoms with Gasteiger partial charge in [-0.2, -0.15) is 10.4 Å². The van der Waals surface area contributed by atoms with E-state index < -0.39 is 0 Å². The number of nitrogens with one attached hydrogen (secondary N) is 1. The van der Waals surface area contributed by atoms with Gasteiger partial charge in [0.25, 0.3) is 5.91 Å². The van der Waals surface area contributed by atoms with Crippen LogP contribution in [0.4, 0.5) is 11.5 Å². The van der Waals surface area contributed by atoms with Gasteiger partial charge in [-0.15, -0.1) is 0 Å². The maximum atomic E-state index is 12.8. The van der Waals surface area contributed by atoms with Crippen molar-refractivity contribution in [2.24, 2.45) is 0 Å². The molecule has 5 rings (SSSR count). The van der Waals surface area contributed by atoms with Gasteiger partial charge < -0.3 is 15.0 Å². The quantitative estimate of drug-likeness (QED) is 0.695. The van der Waals surface area contributed by atoms with Gasteiger partial charge in [0.15, 0.2) is 12.0 Å². The van der Waals surface area contributed by atoms with Crippen molar-refractivity contribution >= 4 is 28.3 Å². The van der Waals surface area contributed by atoms with Gasteiger partial charge >= 0.3 is 0 Å². The first-order valence-corrected chi connectivity index (χ1v) is 10.7. The van der Waals surface area contributed by atoms with E-state index in [-0.39, 0.29) is 12.1 Å². The second-order valence-corrected chi connectivity index (χ2v) is 8.12. The number of nitrogens with zero attached hydrogens (tertiary/aromatic N) is 5. The molecule has 1 aromatic carbocycles. The van der Waals surface area contributed by atoms with Gasteiger partial charge in [0.05, 0.1) is 11.1 Å². The Bertz CT molecular complexity index is 1180. The van der Waals surface area contributed by atoms with Gasteiger partial charge in [-0.25, -0.2) is 9.67 Å². The Morgan fingerprint density at radius 1 is 1.26 bits per heavy atom. The number of rotatable bonds is 4. The molecule has 0 spiro atoms. The van der Waals surface area contributed by atoms with Crippen molar-refractivity contribution in [3.8, 4) is 6.07 Å². The number of nitriles is 1. The van der Waals surface area contributed by atoms with Gasteiger partial charge in [0.1, 0.15) is 11.8 Å². The molecule has 0 aliphatic carbocycles. The molecule has 0 radical (unpaired) electrons. The zero-order valence-electron chi connectivity index (χ0n) is 17.5. The fraction of sp³-hybridized carbons (Fsp3) is 0.391. The van der Waals surface area contributed by atoms with Crippen molar-refractivity contribution in [3.05, 3.63) is 47.3 Å². The van der Waals surface area contributed by atoms with E-state index in [1.54, 1.807) is 13.0 Å². The van der Waals surface area contributed by atoms with Crippen LogP contribution in [0.25, 0.3) is 10.9 Å². The summed E-state index contributed by atoms with van der Waals surface area (Å²) in [4.78, 5) is 19.2. The lowest BCUT2D eigenvalue weighted by atomic mass is 10.1. The predicted molar refractivity (Wildman–Crippen MR) is 117 cm³/mol. The molecule has 1 atom stereocenters. The number of pyridine rings is 1. The first-order valence-electron chi connectivity index (χ1n) is 10.7. The third kappa shape index (κ3) is 3.62. The molecule has 31 heavy (non-hydrogen) atoms. The number of benzene rings is 1. The maximum Gasteiger partial charge on any atom is 0.274 e. The molecule has 8 heteroatoms. The van der Waals surface area contributed by atoms with E-state index in [1.165, 1.54) is 6.20 Å². The van der Waals surface area contributed by atoms with Crippen molar-refractivity contribution in [3.63, 3.8) is 0 Å². The standard InChI is InChI=1S/C23H24N6O2/c1-15-11-16(13-24)14-25-21(15)23(30)26-17-6-7-19-18(12-17)22(28-8-4-9-28)27-29(19)20-5-2-3-10-31-20/h6-7,11-12,14,20H,2-5,8-10H2,1H3,(H,26,30). The zero-order valence-corrected chi connectivity index (χ0v) is 17.5. The molecule has 2 saturated heterocycles. The number of hydrogen-bond donors (Lipinski definition) is 1. The highest BCUT2D eigenvalue weighted by atomic mass is 16.5. The average Bonchev–Trinajstić information content (AvgIpc) is 3.11. The van der Waals surface area contributed by atoms with Gasteiger partial charge in [0.2, 0.25) is 0 Å². The molecule has 158 valence electrons. The molecule has 1 unspecified atom stereocenters. The van der Waals surface area contributed by atoms with Crippen LogP contribution in [-0.2, 0) is 4.74 Å². The van der Waals surface area contributed by atoms with Crippen molar-refractivity contribution in [1.29, 1.82) is 5.26 Å². The lowest BCUT2D eigenvalue weighted by Crippen LogP contribution is -2.37. The Morgan fingerprint density at radius 3 is 2.81 bits per heavy atom. The first-order chi connectivity index (χ1) is 15.1. The van der Waals surface area contributed by atoms with E-state index in [4.69, 9.17) is 15.1 Å².